The van der Waals surface area contributed by atoms with Crippen molar-refractivity contribution in [1.82, 2.24) is 9.97 Å². The van der Waals surface area contributed by atoms with Crippen molar-refractivity contribution < 1.29 is 4.74 Å². The molecule has 118 valence electrons. The molecule has 0 aliphatic rings. The Morgan fingerprint density at radius 1 is 0.913 bits per heavy atom. The van der Waals surface area contributed by atoms with Gasteiger partial charge in [0.1, 0.15) is 17.3 Å². The number of halogens is 1. The molecule has 3 rings (SSSR count). The fourth-order valence-corrected chi connectivity index (χ4v) is 2.03. The number of hydrogen-bond acceptors (Lipinski definition) is 5. The standard InChI is InChI=1S/C17H16N4O.ClH/c1-12-11-16(21-17(18)19-12)20-13-7-9-15(10-8-13)22-14-5-3-2-4-6-14;/h2-11H,1H3,(H3,18,19,20,21);1H. The van der Waals surface area contributed by atoms with Crippen LogP contribution in [0.5, 0.6) is 11.5 Å². The highest BCUT2D eigenvalue weighted by Crippen LogP contribution is 2.24. The number of nitrogen functional groups attached to an aromatic ring is 1. The van der Waals surface area contributed by atoms with Crippen molar-refractivity contribution in [1.29, 1.82) is 0 Å². The summed E-state index contributed by atoms with van der Waals surface area (Å²) in [6.07, 6.45) is 0. The molecule has 1 heterocycles. The van der Waals surface area contributed by atoms with Crippen molar-refractivity contribution >= 4 is 29.9 Å². The number of benzene rings is 2. The molecule has 1 aromatic heterocycles. The van der Waals surface area contributed by atoms with Crippen molar-refractivity contribution in [3.8, 4) is 11.5 Å². The minimum absolute atomic E-state index is 0. The van der Waals surface area contributed by atoms with Crippen molar-refractivity contribution in [2.75, 3.05) is 11.1 Å². The highest BCUT2D eigenvalue weighted by molar-refractivity contribution is 5.85. The summed E-state index contributed by atoms with van der Waals surface area (Å²) < 4.78 is 5.75. The van der Waals surface area contributed by atoms with Crippen LogP contribution in [0.2, 0.25) is 0 Å². The summed E-state index contributed by atoms with van der Waals surface area (Å²) >= 11 is 0. The summed E-state index contributed by atoms with van der Waals surface area (Å²) in [5, 5.41) is 3.19. The SMILES string of the molecule is Cc1cc(Nc2ccc(Oc3ccccc3)cc2)nc(N)n1.Cl. The van der Waals surface area contributed by atoms with Gasteiger partial charge in [0.15, 0.2) is 0 Å². The maximum Gasteiger partial charge on any atom is 0.222 e. The van der Waals surface area contributed by atoms with E-state index in [4.69, 9.17) is 10.5 Å². The quantitative estimate of drug-likeness (QED) is 0.746. The molecule has 0 amide bonds. The van der Waals surface area contributed by atoms with E-state index in [2.05, 4.69) is 15.3 Å². The smallest absolute Gasteiger partial charge is 0.222 e. The van der Waals surface area contributed by atoms with Crippen LogP contribution in [0.25, 0.3) is 0 Å². The molecule has 0 saturated heterocycles. The van der Waals surface area contributed by atoms with Gasteiger partial charge in [-0.25, -0.2) is 4.98 Å². The van der Waals surface area contributed by atoms with E-state index >= 15 is 0 Å². The molecule has 0 fully saturated rings. The normalized spacial score (nSPS) is 9.78. The molecule has 0 saturated carbocycles. The molecule has 3 aromatic rings. The first kappa shape index (κ1) is 16.6. The van der Waals surface area contributed by atoms with E-state index in [1.54, 1.807) is 0 Å². The van der Waals surface area contributed by atoms with Gasteiger partial charge < -0.3 is 15.8 Å². The van der Waals surface area contributed by atoms with Crippen molar-refractivity contribution in [3.05, 3.63) is 66.4 Å². The lowest BCUT2D eigenvalue weighted by molar-refractivity contribution is 0.483. The van der Waals surface area contributed by atoms with Gasteiger partial charge in [0.05, 0.1) is 0 Å². The zero-order valence-corrected chi connectivity index (χ0v) is 13.4. The Hall–Kier alpha value is -2.79. The third kappa shape index (κ3) is 4.59. The van der Waals surface area contributed by atoms with E-state index in [0.29, 0.717) is 5.82 Å². The molecule has 0 aliphatic heterocycles. The third-order valence-corrected chi connectivity index (χ3v) is 2.98. The van der Waals surface area contributed by atoms with Gasteiger partial charge in [0.2, 0.25) is 5.95 Å². The predicted octanol–water partition coefficient (Wildman–Crippen LogP) is 4.32. The van der Waals surface area contributed by atoms with E-state index in [9.17, 15) is 0 Å². The fraction of sp³-hybridized carbons (Fsp3) is 0.0588. The minimum Gasteiger partial charge on any atom is -0.457 e. The summed E-state index contributed by atoms with van der Waals surface area (Å²) in [7, 11) is 0. The average molecular weight is 329 g/mol. The topological polar surface area (TPSA) is 73.1 Å². The number of anilines is 3. The van der Waals surface area contributed by atoms with E-state index in [-0.39, 0.29) is 18.4 Å². The molecule has 0 bridgehead atoms. The highest BCUT2D eigenvalue weighted by atomic mass is 35.5. The van der Waals surface area contributed by atoms with Gasteiger partial charge in [0.25, 0.3) is 0 Å². The summed E-state index contributed by atoms with van der Waals surface area (Å²) in [5.74, 6) is 2.51. The predicted molar refractivity (Wildman–Crippen MR) is 94.7 cm³/mol. The Balaban J connectivity index is 0.00000192. The van der Waals surface area contributed by atoms with Crippen LogP contribution in [0, 0.1) is 6.92 Å². The van der Waals surface area contributed by atoms with E-state index in [0.717, 1.165) is 22.9 Å². The van der Waals surface area contributed by atoms with Crippen molar-refractivity contribution in [2.45, 2.75) is 6.92 Å². The molecule has 0 atom stereocenters. The number of para-hydroxylation sites is 1. The Kier molecular flexibility index (Phi) is 5.38. The molecule has 6 heteroatoms. The van der Waals surface area contributed by atoms with Gasteiger partial charge in [-0.15, -0.1) is 12.4 Å². The average Bonchev–Trinajstić information content (AvgIpc) is 2.49. The van der Waals surface area contributed by atoms with Gasteiger partial charge in [-0.3, -0.25) is 0 Å². The van der Waals surface area contributed by atoms with E-state index in [1.807, 2.05) is 67.6 Å². The van der Waals surface area contributed by atoms with Crippen molar-refractivity contribution in [2.24, 2.45) is 0 Å². The van der Waals surface area contributed by atoms with Crippen molar-refractivity contribution in [3.63, 3.8) is 0 Å². The fourth-order valence-electron chi connectivity index (χ4n) is 2.03. The second kappa shape index (κ2) is 7.47. The van der Waals surface area contributed by atoms with Gasteiger partial charge >= 0.3 is 0 Å². The first-order valence-electron chi connectivity index (χ1n) is 6.90. The zero-order valence-electron chi connectivity index (χ0n) is 12.6. The third-order valence-electron chi connectivity index (χ3n) is 2.98. The van der Waals surface area contributed by atoms with Crippen LogP contribution in [0.15, 0.2) is 60.7 Å². The summed E-state index contributed by atoms with van der Waals surface area (Å²) in [4.78, 5) is 8.19. The van der Waals surface area contributed by atoms with Crippen LogP contribution in [-0.2, 0) is 0 Å². The molecule has 0 radical (unpaired) electrons. The number of nitrogens with zero attached hydrogens (tertiary/aromatic N) is 2. The van der Waals surface area contributed by atoms with Gasteiger partial charge in [-0.2, -0.15) is 4.98 Å². The Morgan fingerprint density at radius 2 is 1.57 bits per heavy atom. The summed E-state index contributed by atoms with van der Waals surface area (Å²) in [6, 6.07) is 19.1. The summed E-state index contributed by atoms with van der Waals surface area (Å²) in [5.41, 5.74) is 7.36. The number of aromatic nitrogens is 2. The number of ether oxygens (including phenoxy) is 1. The molecule has 0 unspecified atom stereocenters. The first-order chi connectivity index (χ1) is 10.7. The van der Waals surface area contributed by atoms with E-state index < -0.39 is 0 Å². The largest absolute Gasteiger partial charge is 0.457 e. The van der Waals surface area contributed by atoms with Crippen LogP contribution >= 0.6 is 12.4 Å². The lowest BCUT2D eigenvalue weighted by Gasteiger charge is -2.09. The molecular formula is C17H17ClN4O. The Bertz CT molecular complexity index is 743. The number of hydrogen-bond donors (Lipinski definition) is 2. The second-order valence-electron chi connectivity index (χ2n) is 4.82. The highest BCUT2D eigenvalue weighted by Gasteiger charge is 2.01. The maximum absolute atomic E-state index is 5.75. The van der Waals surface area contributed by atoms with Gasteiger partial charge in [-0.05, 0) is 43.3 Å². The molecule has 23 heavy (non-hydrogen) atoms. The number of rotatable bonds is 4. The Morgan fingerprint density at radius 3 is 2.22 bits per heavy atom. The molecule has 5 nitrogen and oxygen atoms in total. The lowest BCUT2D eigenvalue weighted by Crippen LogP contribution is -2.01. The Labute approximate surface area is 141 Å². The molecule has 0 spiro atoms. The summed E-state index contributed by atoms with van der Waals surface area (Å²) in [6.45, 7) is 1.88. The number of nitrogens with one attached hydrogen (secondary N) is 1. The van der Waals surface area contributed by atoms with E-state index in [1.165, 1.54) is 0 Å². The minimum atomic E-state index is 0. The number of nitrogens with two attached hydrogens (primary N) is 1. The van der Waals surface area contributed by atoms with Crippen LogP contribution in [-0.4, -0.2) is 9.97 Å². The van der Waals surface area contributed by atoms with Crippen LogP contribution in [0.4, 0.5) is 17.5 Å². The number of aryl methyl sites for hydroxylation is 1. The van der Waals surface area contributed by atoms with Crippen LogP contribution in [0.1, 0.15) is 5.69 Å². The molecule has 0 aliphatic carbocycles. The monoisotopic (exact) mass is 328 g/mol. The molecular weight excluding hydrogens is 312 g/mol. The van der Waals surface area contributed by atoms with Crippen LogP contribution in [0.3, 0.4) is 0 Å². The zero-order chi connectivity index (χ0) is 15.4. The lowest BCUT2D eigenvalue weighted by atomic mass is 10.3. The first-order valence-corrected chi connectivity index (χ1v) is 6.90. The second-order valence-corrected chi connectivity index (χ2v) is 4.82. The van der Waals surface area contributed by atoms with Gasteiger partial charge in [0, 0.05) is 17.4 Å². The maximum atomic E-state index is 5.75. The van der Waals surface area contributed by atoms with Crippen LogP contribution < -0.4 is 15.8 Å². The van der Waals surface area contributed by atoms with Gasteiger partial charge in [-0.1, -0.05) is 18.2 Å². The molecule has 2 aromatic carbocycles. The molecule has 3 N–H and O–H groups in total.